The quantitative estimate of drug-likeness (QED) is 0.297. The summed E-state index contributed by atoms with van der Waals surface area (Å²) in [6, 6.07) is 12.1. The lowest BCUT2D eigenvalue weighted by atomic mass is 10.1. The number of halogens is 3. The van der Waals surface area contributed by atoms with Crippen molar-refractivity contribution in [2.24, 2.45) is 0 Å². The second-order valence-corrected chi connectivity index (χ2v) is 6.95. The van der Waals surface area contributed by atoms with E-state index in [9.17, 15) is 22.8 Å². The lowest BCUT2D eigenvalue weighted by Crippen LogP contribution is -2.22. The highest BCUT2D eigenvalue weighted by atomic mass is 19.2. The van der Waals surface area contributed by atoms with E-state index in [4.69, 9.17) is 0 Å². The molecule has 0 bridgehead atoms. The van der Waals surface area contributed by atoms with Gasteiger partial charge < -0.3 is 10.6 Å². The van der Waals surface area contributed by atoms with Crippen molar-refractivity contribution in [1.29, 1.82) is 0 Å². The Morgan fingerprint density at radius 2 is 1.76 bits per heavy atom. The summed E-state index contributed by atoms with van der Waals surface area (Å²) >= 11 is 0. The predicted molar refractivity (Wildman–Crippen MR) is 117 cm³/mol. The Hall–Kier alpha value is -4.47. The molecular formula is C23H16F3N5O2. The Morgan fingerprint density at radius 3 is 2.55 bits per heavy atom. The highest BCUT2D eigenvalue weighted by Gasteiger charge is 2.17. The third kappa shape index (κ3) is 5.06. The zero-order valence-corrected chi connectivity index (χ0v) is 16.9. The van der Waals surface area contributed by atoms with Gasteiger partial charge in [0.15, 0.2) is 17.5 Å². The molecule has 4 rings (SSSR count). The summed E-state index contributed by atoms with van der Waals surface area (Å²) < 4.78 is 39.9. The fraction of sp³-hybridized carbons (Fsp3) is 0.0435. The van der Waals surface area contributed by atoms with Crippen molar-refractivity contribution in [2.75, 3.05) is 10.6 Å². The molecule has 0 radical (unpaired) electrons. The minimum atomic E-state index is -1.71. The molecule has 10 heteroatoms. The standard InChI is InChI=1S/C23H16F3N5O2/c24-16-7-9-18(23(26)22(16)25)29-21(33)12-20(32)28-14-4-6-15-17(30-31-19(15)11-14)8-5-13-3-1-2-10-27-13/h1-11H,12H2,(H,28,32)(H,29,33)(H,30,31). The van der Waals surface area contributed by atoms with E-state index in [1.54, 1.807) is 30.5 Å². The summed E-state index contributed by atoms with van der Waals surface area (Å²) in [4.78, 5) is 28.4. The maximum Gasteiger partial charge on any atom is 0.233 e. The van der Waals surface area contributed by atoms with Crippen LogP contribution in [0.5, 0.6) is 0 Å². The molecule has 166 valence electrons. The van der Waals surface area contributed by atoms with Crippen LogP contribution in [0.1, 0.15) is 17.8 Å². The Kier molecular flexibility index (Phi) is 6.16. The molecule has 3 N–H and O–H groups in total. The number of anilines is 2. The van der Waals surface area contributed by atoms with Crippen LogP contribution in [0.4, 0.5) is 24.5 Å². The third-order valence-corrected chi connectivity index (χ3v) is 4.61. The average Bonchev–Trinajstić information content (AvgIpc) is 3.21. The molecule has 33 heavy (non-hydrogen) atoms. The fourth-order valence-electron chi connectivity index (χ4n) is 3.05. The van der Waals surface area contributed by atoms with E-state index in [1.165, 1.54) is 0 Å². The van der Waals surface area contributed by atoms with Crippen LogP contribution in [0.2, 0.25) is 0 Å². The van der Waals surface area contributed by atoms with Gasteiger partial charge in [0.1, 0.15) is 6.42 Å². The zero-order valence-electron chi connectivity index (χ0n) is 16.9. The molecular weight excluding hydrogens is 435 g/mol. The van der Waals surface area contributed by atoms with Gasteiger partial charge in [-0.05, 0) is 54.6 Å². The first-order valence-corrected chi connectivity index (χ1v) is 9.71. The van der Waals surface area contributed by atoms with Gasteiger partial charge in [-0.1, -0.05) is 6.07 Å². The summed E-state index contributed by atoms with van der Waals surface area (Å²) in [5.74, 6) is -6.19. The van der Waals surface area contributed by atoms with Crippen molar-refractivity contribution in [3.8, 4) is 0 Å². The largest absolute Gasteiger partial charge is 0.326 e. The van der Waals surface area contributed by atoms with Gasteiger partial charge in [0.25, 0.3) is 0 Å². The number of hydrogen-bond acceptors (Lipinski definition) is 4. The number of nitrogens with zero attached hydrogens (tertiary/aromatic N) is 2. The Labute approximate surface area is 185 Å². The fourth-order valence-corrected chi connectivity index (χ4v) is 3.05. The lowest BCUT2D eigenvalue weighted by Gasteiger charge is -2.08. The van der Waals surface area contributed by atoms with Crippen molar-refractivity contribution in [3.63, 3.8) is 0 Å². The Bertz CT molecular complexity index is 1370. The molecule has 2 aromatic heterocycles. The van der Waals surface area contributed by atoms with Crippen LogP contribution in [-0.2, 0) is 9.59 Å². The van der Waals surface area contributed by atoms with Gasteiger partial charge in [-0.25, -0.2) is 13.2 Å². The molecule has 0 atom stereocenters. The SMILES string of the molecule is O=C(CC(=O)Nc1ccc(F)c(F)c1F)Nc1ccc2c(C=Cc3ccccn3)n[nH]c2c1. The van der Waals surface area contributed by atoms with Crippen LogP contribution in [-0.4, -0.2) is 27.0 Å². The number of aromatic nitrogens is 3. The molecule has 2 heterocycles. The van der Waals surface area contributed by atoms with Crippen molar-refractivity contribution in [2.45, 2.75) is 6.42 Å². The summed E-state index contributed by atoms with van der Waals surface area (Å²) in [5.41, 5.74) is 1.96. The monoisotopic (exact) mass is 451 g/mol. The molecule has 0 saturated heterocycles. The van der Waals surface area contributed by atoms with Gasteiger partial charge in [0.05, 0.1) is 22.6 Å². The van der Waals surface area contributed by atoms with Crippen LogP contribution in [0.15, 0.2) is 54.7 Å². The van der Waals surface area contributed by atoms with E-state index in [0.717, 1.165) is 17.1 Å². The molecule has 0 aliphatic carbocycles. The highest BCUT2D eigenvalue weighted by molar-refractivity contribution is 6.08. The topological polar surface area (TPSA) is 99.8 Å². The molecule has 0 spiro atoms. The van der Waals surface area contributed by atoms with Crippen LogP contribution >= 0.6 is 0 Å². The zero-order chi connectivity index (χ0) is 23.4. The van der Waals surface area contributed by atoms with Crippen LogP contribution < -0.4 is 10.6 Å². The van der Waals surface area contributed by atoms with Gasteiger partial charge in [0.2, 0.25) is 11.8 Å². The van der Waals surface area contributed by atoms with Crippen molar-refractivity contribution < 1.29 is 22.8 Å². The van der Waals surface area contributed by atoms with Crippen LogP contribution in [0.25, 0.3) is 23.1 Å². The number of carbonyl (C=O) groups is 2. The normalized spacial score (nSPS) is 11.1. The van der Waals surface area contributed by atoms with Crippen molar-refractivity contribution >= 4 is 46.2 Å². The molecule has 2 amide bonds. The summed E-state index contributed by atoms with van der Waals surface area (Å²) in [5, 5.41) is 12.5. The lowest BCUT2D eigenvalue weighted by molar-refractivity contribution is -0.123. The first-order valence-electron chi connectivity index (χ1n) is 9.71. The second-order valence-electron chi connectivity index (χ2n) is 6.95. The van der Waals surface area contributed by atoms with E-state index in [1.807, 2.05) is 29.6 Å². The predicted octanol–water partition coefficient (Wildman–Crippen LogP) is 4.51. The number of fused-ring (bicyclic) bond motifs is 1. The summed E-state index contributed by atoms with van der Waals surface area (Å²) in [6.45, 7) is 0. The molecule has 2 aromatic carbocycles. The van der Waals surface area contributed by atoms with Gasteiger partial charge in [-0.3, -0.25) is 19.7 Å². The smallest absolute Gasteiger partial charge is 0.233 e. The molecule has 7 nitrogen and oxygen atoms in total. The van der Waals surface area contributed by atoms with Crippen LogP contribution in [0, 0.1) is 17.5 Å². The number of carbonyl (C=O) groups excluding carboxylic acids is 2. The molecule has 0 aliphatic heterocycles. The number of hydrogen-bond donors (Lipinski definition) is 3. The first-order chi connectivity index (χ1) is 15.9. The number of amides is 2. The van der Waals surface area contributed by atoms with Gasteiger partial charge in [-0.15, -0.1) is 0 Å². The minimum Gasteiger partial charge on any atom is -0.326 e. The number of pyridine rings is 1. The minimum absolute atomic E-state index is 0.406. The second kappa shape index (κ2) is 9.35. The Morgan fingerprint density at radius 1 is 0.939 bits per heavy atom. The van der Waals surface area contributed by atoms with Crippen LogP contribution in [0.3, 0.4) is 0 Å². The van der Waals surface area contributed by atoms with Gasteiger partial charge >= 0.3 is 0 Å². The number of aromatic amines is 1. The van der Waals surface area contributed by atoms with Gasteiger partial charge in [-0.2, -0.15) is 5.10 Å². The first kappa shape index (κ1) is 21.8. The number of benzene rings is 2. The van der Waals surface area contributed by atoms with E-state index in [2.05, 4.69) is 20.5 Å². The molecule has 0 fully saturated rings. The van der Waals surface area contributed by atoms with Gasteiger partial charge in [0, 0.05) is 17.3 Å². The number of nitrogens with one attached hydrogen (secondary N) is 3. The summed E-state index contributed by atoms with van der Waals surface area (Å²) in [7, 11) is 0. The average molecular weight is 451 g/mol. The number of H-pyrrole nitrogens is 1. The summed E-state index contributed by atoms with van der Waals surface area (Å²) in [6.07, 6.45) is 4.66. The van der Waals surface area contributed by atoms with E-state index in [0.29, 0.717) is 23.0 Å². The number of rotatable bonds is 6. The maximum absolute atomic E-state index is 13.7. The molecule has 0 saturated carbocycles. The van der Waals surface area contributed by atoms with Crippen molar-refractivity contribution in [3.05, 3.63) is 83.6 Å². The third-order valence-electron chi connectivity index (χ3n) is 4.61. The Balaban J connectivity index is 1.39. The highest BCUT2D eigenvalue weighted by Crippen LogP contribution is 2.22. The van der Waals surface area contributed by atoms with Crippen molar-refractivity contribution in [1.82, 2.24) is 15.2 Å². The maximum atomic E-state index is 13.7. The van der Waals surface area contributed by atoms with E-state index in [-0.39, 0.29) is 0 Å². The molecule has 4 aromatic rings. The van der Waals surface area contributed by atoms with E-state index >= 15 is 0 Å². The van der Waals surface area contributed by atoms with E-state index < -0.39 is 41.4 Å². The molecule has 0 aliphatic rings. The molecule has 0 unspecified atom stereocenters.